The average molecular weight is 325 g/mol. The highest BCUT2D eigenvalue weighted by molar-refractivity contribution is 9.10. The van der Waals surface area contributed by atoms with Gasteiger partial charge >= 0.3 is 0 Å². The molecule has 0 aromatic carbocycles. The molecule has 0 saturated carbocycles. The van der Waals surface area contributed by atoms with Gasteiger partial charge in [-0.2, -0.15) is 0 Å². The summed E-state index contributed by atoms with van der Waals surface area (Å²) in [7, 11) is 0. The molecule has 18 heavy (non-hydrogen) atoms. The maximum absolute atomic E-state index is 12.5. The Kier molecular flexibility index (Phi) is 3.26. The van der Waals surface area contributed by atoms with Crippen LogP contribution in [0.5, 0.6) is 0 Å². The highest BCUT2D eigenvalue weighted by Crippen LogP contribution is 2.34. The van der Waals surface area contributed by atoms with Crippen LogP contribution in [0.25, 0.3) is 0 Å². The van der Waals surface area contributed by atoms with Crippen LogP contribution in [0.4, 0.5) is 0 Å². The van der Waals surface area contributed by atoms with Gasteiger partial charge < -0.3 is 9.88 Å². The first-order chi connectivity index (χ1) is 8.77. The van der Waals surface area contributed by atoms with Gasteiger partial charge in [-0.15, -0.1) is 11.3 Å². The van der Waals surface area contributed by atoms with E-state index in [0.717, 1.165) is 34.4 Å². The number of halogens is 1. The Morgan fingerprint density at radius 1 is 1.50 bits per heavy atom. The fourth-order valence-electron chi connectivity index (χ4n) is 2.46. The molecule has 2 aromatic rings. The minimum atomic E-state index is 0.133. The van der Waals surface area contributed by atoms with Crippen molar-refractivity contribution >= 4 is 33.2 Å². The summed E-state index contributed by atoms with van der Waals surface area (Å²) in [6.07, 6.45) is 4.02. The van der Waals surface area contributed by atoms with Gasteiger partial charge in [0.25, 0.3) is 5.91 Å². The van der Waals surface area contributed by atoms with Crippen molar-refractivity contribution in [2.24, 2.45) is 0 Å². The Labute approximate surface area is 118 Å². The number of rotatable bonds is 2. The molecule has 94 valence electrons. The number of thiophene rings is 1. The third kappa shape index (κ3) is 2.01. The van der Waals surface area contributed by atoms with Crippen molar-refractivity contribution in [3.63, 3.8) is 0 Å². The summed E-state index contributed by atoms with van der Waals surface area (Å²) < 4.78 is 0.898. The largest absolute Gasteiger partial charge is 0.363 e. The predicted molar refractivity (Wildman–Crippen MR) is 75.8 cm³/mol. The monoisotopic (exact) mass is 324 g/mol. The Morgan fingerprint density at radius 3 is 3.06 bits per heavy atom. The van der Waals surface area contributed by atoms with Crippen LogP contribution in [0.1, 0.15) is 34.2 Å². The molecule has 1 fully saturated rings. The summed E-state index contributed by atoms with van der Waals surface area (Å²) in [5.41, 5.74) is 1.13. The molecule has 1 atom stereocenters. The highest BCUT2D eigenvalue weighted by Gasteiger charge is 2.32. The smallest absolute Gasteiger partial charge is 0.265 e. The molecule has 2 aromatic heterocycles. The van der Waals surface area contributed by atoms with E-state index in [9.17, 15) is 4.79 Å². The van der Waals surface area contributed by atoms with Crippen LogP contribution < -0.4 is 0 Å². The second-order valence-electron chi connectivity index (χ2n) is 4.38. The van der Waals surface area contributed by atoms with Crippen molar-refractivity contribution in [3.05, 3.63) is 44.8 Å². The fraction of sp³-hybridized carbons (Fsp3) is 0.308. The average Bonchev–Trinajstić information content (AvgIpc) is 3.09. The van der Waals surface area contributed by atoms with Crippen molar-refractivity contribution in [1.82, 2.24) is 9.88 Å². The van der Waals surface area contributed by atoms with Gasteiger partial charge in [-0.25, -0.2) is 0 Å². The number of H-pyrrole nitrogens is 1. The molecule has 3 nitrogen and oxygen atoms in total. The number of nitrogens with zero attached hydrogens (tertiary/aromatic N) is 1. The third-order valence-electron chi connectivity index (χ3n) is 3.31. The van der Waals surface area contributed by atoms with Gasteiger partial charge in [0, 0.05) is 22.9 Å². The molecule has 1 aliphatic heterocycles. The van der Waals surface area contributed by atoms with E-state index in [-0.39, 0.29) is 11.9 Å². The standard InChI is InChI=1S/C13H13BrN2OS/c14-9-5-8-18-12(9)13(17)16-7-2-4-11(16)10-3-1-6-15-10/h1,3,5-6,8,11,15H,2,4,7H2. The maximum Gasteiger partial charge on any atom is 0.265 e. The highest BCUT2D eigenvalue weighted by atomic mass is 79.9. The molecule has 1 N–H and O–H groups in total. The quantitative estimate of drug-likeness (QED) is 0.895. The Balaban J connectivity index is 1.88. The van der Waals surface area contributed by atoms with Gasteiger partial charge in [-0.3, -0.25) is 4.79 Å². The number of carbonyl (C=O) groups excluding carboxylic acids is 1. The molecule has 5 heteroatoms. The minimum absolute atomic E-state index is 0.133. The third-order valence-corrected chi connectivity index (χ3v) is 5.13. The first-order valence-electron chi connectivity index (χ1n) is 5.94. The predicted octanol–water partition coefficient (Wildman–Crippen LogP) is 3.82. The molecule has 3 rings (SSSR count). The van der Waals surface area contributed by atoms with Gasteiger partial charge in [0.05, 0.1) is 6.04 Å². The van der Waals surface area contributed by atoms with Crippen molar-refractivity contribution in [2.45, 2.75) is 18.9 Å². The van der Waals surface area contributed by atoms with E-state index in [2.05, 4.69) is 27.0 Å². The van der Waals surface area contributed by atoms with Crippen LogP contribution in [-0.4, -0.2) is 22.3 Å². The van der Waals surface area contributed by atoms with E-state index in [1.165, 1.54) is 11.3 Å². The van der Waals surface area contributed by atoms with Crippen LogP contribution >= 0.6 is 27.3 Å². The van der Waals surface area contributed by atoms with E-state index in [4.69, 9.17) is 0 Å². The molecule has 0 spiro atoms. The van der Waals surface area contributed by atoms with Gasteiger partial charge in [-0.1, -0.05) is 0 Å². The van der Waals surface area contributed by atoms with Gasteiger partial charge in [0.1, 0.15) is 4.88 Å². The molecule has 0 radical (unpaired) electrons. The van der Waals surface area contributed by atoms with Crippen molar-refractivity contribution in [2.75, 3.05) is 6.54 Å². The van der Waals surface area contributed by atoms with Crippen molar-refractivity contribution in [3.8, 4) is 0 Å². The number of amides is 1. The topological polar surface area (TPSA) is 36.1 Å². The normalized spacial score (nSPS) is 19.4. The lowest BCUT2D eigenvalue weighted by molar-refractivity contribution is 0.0737. The lowest BCUT2D eigenvalue weighted by Gasteiger charge is -2.23. The lowest BCUT2D eigenvalue weighted by atomic mass is 10.1. The number of carbonyl (C=O) groups is 1. The first kappa shape index (κ1) is 12.0. The van der Waals surface area contributed by atoms with Gasteiger partial charge in [0.15, 0.2) is 0 Å². The van der Waals surface area contributed by atoms with Crippen LogP contribution in [0.3, 0.4) is 0 Å². The lowest BCUT2D eigenvalue weighted by Crippen LogP contribution is -2.30. The minimum Gasteiger partial charge on any atom is -0.363 e. The van der Waals surface area contributed by atoms with E-state index >= 15 is 0 Å². The van der Waals surface area contributed by atoms with Crippen LogP contribution in [0.2, 0.25) is 0 Å². The first-order valence-corrected chi connectivity index (χ1v) is 7.62. The summed E-state index contributed by atoms with van der Waals surface area (Å²) in [5, 5.41) is 1.94. The van der Waals surface area contributed by atoms with Crippen molar-refractivity contribution < 1.29 is 4.79 Å². The maximum atomic E-state index is 12.5. The number of hydrogen-bond donors (Lipinski definition) is 1. The Hall–Kier alpha value is -1.07. The Morgan fingerprint density at radius 2 is 2.39 bits per heavy atom. The van der Waals surface area contributed by atoms with Gasteiger partial charge in [-0.05, 0) is 52.4 Å². The number of aromatic amines is 1. The van der Waals surface area contributed by atoms with Gasteiger partial charge in [0.2, 0.25) is 0 Å². The summed E-state index contributed by atoms with van der Waals surface area (Å²) in [6, 6.07) is 6.16. The van der Waals surface area contributed by atoms with E-state index < -0.39 is 0 Å². The number of likely N-dealkylation sites (tertiary alicyclic amines) is 1. The molecule has 1 saturated heterocycles. The molecule has 0 bridgehead atoms. The molecule has 3 heterocycles. The zero-order valence-electron chi connectivity index (χ0n) is 9.73. The SMILES string of the molecule is O=C(c1sccc1Br)N1CCCC1c1ccc[nH]1. The van der Waals surface area contributed by atoms with Crippen LogP contribution in [0, 0.1) is 0 Å². The van der Waals surface area contributed by atoms with E-state index in [1.807, 2.05) is 28.6 Å². The zero-order valence-corrected chi connectivity index (χ0v) is 12.1. The molecule has 0 aliphatic carbocycles. The second kappa shape index (κ2) is 4.90. The molecular weight excluding hydrogens is 312 g/mol. The fourth-order valence-corrected chi connectivity index (χ4v) is 3.96. The summed E-state index contributed by atoms with van der Waals surface area (Å²) in [5.74, 6) is 0.133. The van der Waals surface area contributed by atoms with Crippen LogP contribution in [0.15, 0.2) is 34.2 Å². The molecule has 1 aliphatic rings. The van der Waals surface area contributed by atoms with Crippen LogP contribution in [-0.2, 0) is 0 Å². The summed E-state index contributed by atoms with van der Waals surface area (Å²) in [6.45, 7) is 0.840. The summed E-state index contributed by atoms with van der Waals surface area (Å²) in [4.78, 5) is 18.5. The molecule has 1 amide bonds. The molecular formula is C13H13BrN2OS. The number of aromatic nitrogens is 1. The second-order valence-corrected chi connectivity index (χ2v) is 6.15. The Bertz CT molecular complexity index is 549. The summed E-state index contributed by atoms with van der Waals surface area (Å²) >= 11 is 4.93. The zero-order chi connectivity index (χ0) is 12.5. The number of hydrogen-bond acceptors (Lipinski definition) is 2. The van der Waals surface area contributed by atoms with Crippen molar-refractivity contribution in [1.29, 1.82) is 0 Å². The van der Waals surface area contributed by atoms with E-state index in [1.54, 1.807) is 0 Å². The molecule has 1 unspecified atom stereocenters. The number of nitrogens with one attached hydrogen (secondary N) is 1. The van der Waals surface area contributed by atoms with E-state index in [0.29, 0.717) is 0 Å².